The summed E-state index contributed by atoms with van der Waals surface area (Å²) in [5.41, 5.74) is 1.67. The van der Waals surface area contributed by atoms with Crippen LogP contribution in [0.4, 0.5) is 0 Å². The van der Waals surface area contributed by atoms with E-state index in [4.69, 9.17) is 4.74 Å². The molecule has 8 aliphatic carbocycles. The van der Waals surface area contributed by atoms with Crippen LogP contribution in [0, 0.1) is 99.6 Å². The summed E-state index contributed by atoms with van der Waals surface area (Å²) in [4.78, 5) is 0. The molecule has 65 heavy (non-hydrogen) atoms. The summed E-state index contributed by atoms with van der Waals surface area (Å²) in [6.07, 6.45) is 32.4. The van der Waals surface area contributed by atoms with E-state index in [0.29, 0.717) is 46.3 Å². The van der Waals surface area contributed by atoms with Crippen LogP contribution in [0.3, 0.4) is 0 Å². The normalized spacial score (nSPS) is 44.9. The molecule has 19 atom stereocenters. The Labute approximate surface area is 401 Å². The van der Waals surface area contributed by atoms with Crippen LogP contribution < -0.4 is 0 Å². The Hall–Kier alpha value is -0.460. The molecule has 1 saturated heterocycles. The predicted molar refractivity (Wildman–Crippen MR) is 270 cm³/mol. The second kappa shape index (κ2) is 21.9. The third-order valence-corrected chi connectivity index (χ3v) is 22.5. The lowest BCUT2D eigenvalue weighted by atomic mass is 9.48. The van der Waals surface area contributed by atoms with Crippen LogP contribution in [0.1, 0.15) is 230 Å². The number of ether oxygens (including phenoxy) is 1. The van der Waals surface area contributed by atoms with Gasteiger partial charge in [0.05, 0.1) is 23.4 Å². The Morgan fingerprint density at radius 1 is 0.569 bits per heavy atom. The molecular formula is C60H106O5. The van der Waals surface area contributed by atoms with Crippen molar-refractivity contribution in [3.05, 3.63) is 11.6 Å². The van der Waals surface area contributed by atoms with Gasteiger partial charge < -0.3 is 25.2 Å². The molecule has 0 aromatic carbocycles. The van der Waals surface area contributed by atoms with Gasteiger partial charge in [-0.05, 0) is 260 Å². The fourth-order valence-electron chi connectivity index (χ4n) is 18.3. The van der Waals surface area contributed by atoms with Crippen LogP contribution >= 0.6 is 0 Å². The molecule has 9 aliphatic rings. The fourth-order valence-corrected chi connectivity index (χ4v) is 18.3. The molecular weight excluding hydrogens is 801 g/mol. The summed E-state index contributed by atoms with van der Waals surface area (Å²) >= 11 is 0. The molecule has 0 spiro atoms. The van der Waals surface area contributed by atoms with Gasteiger partial charge in [-0.15, -0.1) is 0 Å². The van der Waals surface area contributed by atoms with Crippen LogP contribution in [-0.4, -0.2) is 57.0 Å². The Bertz CT molecular complexity index is 1510. The van der Waals surface area contributed by atoms with E-state index in [2.05, 4.69) is 75.3 Å². The predicted octanol–water partition coefficient (Wildman–Crippen LogP) is 14.4. The molecule has 0 aromatic rings. The lowest BCUT2D eigenvalue weighted by Gasteiger charge is -2.57. The van der Waals surface area contributed by atoms with E-state index < -0.39 is 5.60 Å². The van der Waals surface area contributed by atoms with Crippen LogP contribution in [0.25, 0.3) is 0 Å². The molecule has 5 heteroatoms. The molecule has 0 radical (unpaired) electrons. The first kappa shape index (κ1) is 52.4. The van der Waals surface area contributed by atoms with Gasteiger partial charge >= 0.3 is 0 Å². The van der Waals surface area contributed by atoms with Crippen LogP contribution in [0.15, 0.2) is 11.6 Å². The third kappa shape index (κ3) is 11.2. The van der Waals surface area contributed by atoms with E-state index in [1.54, 1.807) is 5.57 Å². The summed E-state index contributed by atoms with van der Waals surface area (Å²) in [6, 6.07) is 0. The third-order valence-electron chi connectivity index (χ3n) is 22.5. The standard InChI is InChI=1S/C28H50O2.C28H48O2.C4H8O/c2*1-6-28(30)16-14-21-20(17-28)8-9-23-22(21)13-15-27(5)24(10-11-25(23)27)19(4)26(29)12-7-18(2)3;1-2-4-5-3-1/h18-26,29-30H,6-17H2,1-5H3;8,18-19,21-26,29-30H,6-7,9-17H2,1-5H3;1-4H2/t19-,20-,21-,22+,23+,24+,25-,26+,27+,28-;19-,21-,22+,23+,24+,25-,26+,27+,28-;/m00./s1. The van der Waals surface area contributed by atoms with Gasteiger partial charge in [-0.25, -0.2) is 0 Å². The minimum Gasteiger partial charge on any atom is -0.393 e. The molecule has 0 amide bonds. The van der Waals surface area contributed by atoms with Crippen LogP contribution in [0.5, 0.6) is 0 Å². The number of allylic oxidation sites excluding steroid dienone is 1. The number of fused-ring (bicyclic) bond motifs is 10. The summed E-state index contributed by atoms with van der Waals surface area (Å²) in [5, 5.41) is 43.7. The van der Waals surface area contributed by atoms with Gasteiger partial charge in [-0.3, -0.25) is 0 Å². The molecule has 8 fully saturated rings. The first-order valence-electron chi connectivity index (χ1n) is 28.9. The van der Waals surface area contributed by atoms with Crippen molar-refractivity contribution in [3.8, 4) is 0 Å². The lowest BCUT2D eigenvalue weighted by molar-refractivity contribution is -0.112. The van der Waals surface area contributed by atoms with E-state index >= 15 is 0 Å². The highest BCUT2D eigenvalue weighted by Crippen LogP contribution is 2.67. The molecule has 1 heterocycles. The molecule has 4 N–H and O–H groups in total. The van der Waals surface area contributed by atoms with Gasteiger partial charge in [0.25, 0.3) is 0 Å². The minimum atomic E-state index is -0.432. The maximum atomic E-state index is 11.0. The molecule has 376 valence electrons. The molecule has 0 bridgehead atoms. The smallest absolute Gasteiger partial charge is 0.0682 e. The summed E-state index contributed by atoms with van der Waals surface area (Å²) in [6.45, 7) is 25.3. The van der Waals surface area contributed by atoms with Gasteiger partial charge in [0.1, 0.15) is 0 Å². The van der Waals surface area contributed by atoms with E-state index in [1.165, 1.54) is 96.3 Å². The largest absolute Gasteiger partial charge is 0.393 e. The Balaban J connectivity index is 0.000000175. The van der Waals surface area contributed by atoms with E-state index in [0.717, 1.165) is 131 Å². The van der Waals surface area contributed by atoms with Crippen molar-refractivity contribution in [2.24, 2.45) is 99.6 Å². The zero-order valence-corrected chi connectivity index (χ0v) is 44.2. The average molecular weight is 908 g/mol. The molecule has 7 saturated carbocycles. The summed E-state index contributed by atoms with van der Waals surface area (Å²) < 4.78 is 4.94. The molecule has 1 aliphatic heterocycles. The number of hydrogen-bond donors (Lipinski definition) is 4. The highest BCUT2D eigenvalue weighted by molar-refractivity contribution is 5.22. The van der Waals surface area contributed by atoms with Crippen molar-refractivity contribution in [2.75, 3.05) is 13.2 Å². The first-order valence-corrected chi connectivity index (χ1v) is 28.9. The van der Waals surface area contributed by atoms with E-state index in [9.17, 15) is 20.4 Å². The lowest BCUT2D eigenvalue weighted by Crippen LogP contribution is -2.51. The van der Waals surface area contributed by atoms with Crippen molar-refractivity contribution >= 4 is 0 Å². The van der Waals surface area contributed by atoms with Gasteiger partial charge in [0, 0.05) is 13.2 Å². The average Bonchev–Trinajstić information content (AvgIpc) is 4.07. The van der Waals surface area contributed by atoms with E-state index in [-0.39, 0.29) is 17.8 Å². The first-order chi connectivity index (χ1) is 30.9. The Kier molecular flexibility index (Phi) is 17.6. The van der Waals surface area contributed by atoms with Crippen LogP contribution in [-0.2, 0) is 4.74 Å². The molecule has 0 unspecified atom stereocenters. The Morgan fingerprint density at radius 3 is 1.62 bits per heavy atom. The quantitative estimate of drug-likeness (QED) is 0.147. The zero-order valence-electron chi connectivity index (χ0n) is 44.2. The number of hydrogen-bond acceptors (Lipinski definition) is 5. The SMILES string of the molecule is C1CCOC1.CC[C@]1(O)CC[C@H]2C(=CC[C@@H]3[C@@H]2CC[C@]2(C)[C@@H]([C@H](C)[C@H](O)CCC(C)C)CC[C@@H]32)C1.CC[C@]1(O)CC[C@H]2[C@@H](CC[C@@H]3[C@@H]2CC[C@]2(C)[C@@H]([C@H](C)[C@H](O)CCC(C)C)CC[C@@H]32)C1. The van der Waals surface area contributed by atoms with Gasteiger partial charge in [-0.2, -0.15) is 0 Å². The maximum absolute atomic E-state index is 11.0. The topological polar surface area (TPSA) is 90.2 Å². The van der Waals surface area contributed by atoms with Crippen molar-refractivity contribution in [2.45, 2.75) is 253 Å². The number of aliphatic hydroxyl groups excluding tert-OH is 2. The molecule has 9 rings (SSSR count). The van der Waals surface area contributed by atoms with Gasteiger partial charge in [0.15, 0.2) is 0 Å². The molecule has 0 aromatic heterocycles. The summed E-state index contributed by atoms with van der Waals surface area (Å²) in [7, 11) is 0. The van der Waals surface area contributed by atoms with Crippen molar-refractivity contribution < 1.29 is 25.2 Å². The summed E-state index contributed by atoms with van der Waals surface area (Å²) in [5.74, 6) is 11.3. The minimum absolute atomic E-state index is 0.119. The Morgan fingerprint density at radius 2 is 1.09 bits per heavy atom. The fraction of sp³-hybridized carbons (Fsp3) is 0.967. The number of rotatable bonds is 12. The van der Waals surface area contributed by atoms with Gasteiger partial charge in [0.2, 0.25) is 0 Å². The van der Waals surface area contributed by atoms with Crippen molar-refractivity contribution in [1.82, 2.24) is 0 Å². The second-order valence-electron chi connectivity index (χ2n) is 26.7. The maximum Gasteiger partial charge on any atom is 0.0682 e. The highest BCUT2D eigenvalue weighted by Gasteiger charge is 2.60. The van der Waals surface area contributed by atoms with Crippen molar-refractivity contribution in [3.63, 3.8) is 0 Å². The molecule has 5 nitrogen and oxygen atoms in total. The second-order valence-corrected chi connectivity index (χ2v) is 26.7. The number of aliphatic hydroxyl groups is 4. The monoisotopic (exact) mass is 907 g/mol. The van der Waals surface area contributed by atoms with Gasteiger partial charge in [-0.1, -0.05) is 80.9 Å². The zero-order chi connectivity index (χ0) is 46.9. The highest BCUT2D eigenvalue weighted by atomic mass is 16.5. The van der Waals surface area contributed by atoms with E-state index in [1.807, 2.05) is 0 Å². The van der Waals surface area contributed by atoms with Crippen molar-refractivity contribution in [1.29, 1.82) is 0 Å². The van der Waals surface area contributed by atoms with Crippen LogP contribution in [0.2, 0.25) is 0 Å².